The van der Waals surface area contributed by atoms with E-state index in [4.69, 9.17) is 16.1 Å². The van der Waals surface area contributed by atoms with Crippen molar-refractivity contribution >= 4 is 22.4 Å². The highest BCUT2D eigenvalue weighted by Gasteiger charge is 2.17. The Morgan fingerprint density at radius 1 is 0.947 bits per heavy atom. The molecule has 0 saturated carbocycles. The van der Waals surface area contributed by atoms with E-state index < -0.39 is 0 Å². The Bertz CT molecular complexity index is 1660. The van der Waals surface area contributed by atoms with E-state index in [0.717, 1.165) is 47.4 Å². The van der Waals surface area contributed by atoms with Crippen LogP contribution in [0.5, 0.6) is 0 Å². The zero-order valence-electron chi connectivity index (χ0n) is 21.4. The smallest absolute Gasteiger partial charge is 0.157 e. The van der Waals surface area contributed by atoms with Crippen LogP contribution in [0, 0.1) is 18.2 Å². The number of hydrogen-bond donors (Lipinski definition) is 3. The molecular formula is C32H30FN5. The van der Waals surface area contributed by atoms with Gasteiger partial charge < -0.3 is 10.7 Å². The van der Waals surface area contributed by atoms with Crippen LogP contribution in [0.15, 0.2) is 78.9 Å². The number of rotatable bonds is 6. The lowest BCUT2D eigenvalue weighted by atomic mass is 9.96. The minimum Gasteiger partial charge on any atom is -0.398 e. The molecule has 0 amide bonds. The van der Waals surface area contributed by atoms with Gasteiger partial charge in [-0.1, -0.05) is 48.0 Å². The summed E-state index contributed by atoms with van der Waals surface area (Å²) in [5.74, 6) is 0.124. The normalized spacial score (nSPS) is 13.8. The molecule has 4 aromatic carbocycles. The fourth-order valence-electron chi connectivity index (χ4n) is 5.44. The summed E-state index contributed by atoms with van der Waals surface area (Å²) in [7, 11) is 0. The predicted octanol–water partition coefficient (Wildman–Crippen LogP) is 6.94. The maximum absolute atomic E-state index is 13.9. The van der Waals surface area contributed by atoms with Crippen molar-refractivity contribution in [2.45, 2.75) is 26.3 Å². The topological polar surface area (TPSA) is 81.8 Å². The summed E-state index contributed by atoms with van der Waals surface area (Å²) in [4.78, 5) is 10.5. The zero-order valence-corrected chi connectivity index (χ0v) is 21.4. The van der Waals surface area contributed by atoms with Crippen molar-refractivity contribution in [2.75, 3.05) is 18.8 Å². The first-order valence-corrected chi connectivity index (χ1v) is 13.0. The number of H-pyrrole nitrogens is 1. The minimum absolute atomic E-state index is 0.218. The average molecular weight is 504 g/mol. The Labute approximate surface area is 221 Å². The lowest BCUT2D eigenvalue weighted by molar-refractivity contribution is 0.331. The molecule has 1 saturated heterocycles. The number of hydrogen-bond acceptors (Lipinski definition) is 4. The number of anilines is 1. The van der Waals surface area contributed by atoms with E-state index >= 15 is 0 Å². The van der Waals surface area contributed by atoms with Crippen molar-refractivity contribution in [3.63, 3.8) is 0 Å². The van der Waals surface area contributed by atoms with Crippen LogP contribution < -0.4 is 5.73 Å². The highest BCUT2D eigenvalue weighted by atomic mass is 19.1. The Morgan fingerprint density at radius 2 is 1.76 bits per heavy atom. The van der Waals surface area contributed by atoms with Crippen LogP contribution in [-0.2, 0) is 6.54 Å². The summed E-state index contributed by atoms with van der Waals surface area (Å²) >= 11 is 0. The molecule has 0 unspecified atom stereocenters. The molecule has 6 heteroatoms. The third-order valence-corrected chi connectivity index (χ3v) is 7.28. The van der Waals surface area contributed by atoms with Crippen LogP contribution in [0.3, 0.4) is 0 Å². The van der Waals surface area contributed by atoms with E-state index in [2.05, 4.69) is 35.0 Å². The van der Waals surface area contributed by atoms with Crippen molar-refractivity contribution in [3.05, 3.63) is 107 Å². The molecule has 190 valence electrons. The van der Waals surface area contributed by atoms with E-state index in [0.29, 0.717) is 22.6 Å². The van der Waals surface area contributed by atoms with E-state index in [1.807, 2.05) is 42.5 Å². The molecule has 6 rings (SSSR count). The molecule has 0 radical (unpaired) electrons. The van der Waals surface area contributed by atoms with Crippen molar-refractivity contribution in [1.29, 1.82) is 5.41 Å². The van der Waals surface area contributed by atoms with Gasteiger partial charge in [0, 0.05) is 23.4 Å². The molecule has 5 nitrogen and oxygen atoms in total. The van der Waals surface area contributed by atoms with Gasteiger partial charge in [0.1, 0.15) is 11.5 Å². The number of nitrogens with two attached hydrogens (primary N) is 1. The Hall–Kier alpha value is -4.29. The van der Waals surface area contributed by atoms with Gasteiger partial charge >= 0.3 is 0 Å². The molecular weight excluding hydrogens is 473 g/mol. The third kappa shape index (κ3) is 4.71. The van der Waals surface area contributed by atoms with Crippen LogP contribution in [-0.4, -0.2) is 33.7 Å². The zero-order chi connectivity index (χ0) is 26.2. The number of imidazole rings is 1. The van der Waals surface area contributed by atoms with Crippen LogP contribution in [0.4, 0.5) is 10.1 Å². The van der Waals surface area contributed by atoms with Crippen molar-refractivity contribution in [3.8, 4) is 22.3 Å². The predicted molar refractivity (Wildman–Crippen MR) is 153 cm³/mol. The Kier molecular flexibility index (Phi) is 6.26. The van der Waals surface area contributed by atoms with Gasteiger partial charge in [-0.2, -0.15) is 0 Å². The lowest BCUT2D eigenvalue weighted by Crippen LogP contribution is -2.18. The number of aromatic nitrogens is 2. The number of nitrogens with one attached hydrogen (secondary N) is 2. The van der Waals surface area contributed by atoms with Gasteiger partial charge in [0.15, 0.2) is 5.82 Å². The number of aryl methyl sites for hydroxylation is 1. The third-order valence-electron chi connectivity index (χ3n) is 7.28. The highest BCUT2D eigenvalue weighted by Crippen LogP contribution is 2.31. The second-order valence-corrected chi connectivity index (χ2v) is 10.2. The lowest BCUT2D eigenvalue weighted by Gasteiger charge is -2.16. The van der Waals surface area contributed by atoms with Gasteiger partial charge in [-0.05, 0) is 91.5 Å². The standard InChI is InChI=1S/C32H30FN5/c1-20-14-21(19-38-12-2-3-13-38)16-24(15-20)22-10-11-28(34)27(18-22)30(35)32-36-29-9-5-8-26(31(29)37-32)23-6-4-7-25(33)17-23/h4-11,14-18,35H,2-3,12-13,19,34H2,1H3,(H,36,37). The number of para-hydroxylation sites is 1. The number of aromatic amines is 1. The Balaban J connectivity index is 1.35. The minimum atomic E-state index is -0.299. The molecule has 0 spiro atoms. The fraction of sp³-hybridized carbons (Fsp3) is 0.188. The fourth-order valence-corrected chi connectivity index (χ4v) is 5.44. The quantitative estimate of drug-likeness (QED) is 0.173. The van der Waals surface area contributed by atoms with Gasteiger partial charge in [0.05, 0.1) is 11.0 Å². The van der Waals surface area contributed by atoms with E-state index in [-0.39, 0.29) is 11.5 Å². The molecule has 1 aliphatic heterocycles. The number of benzene rings is 4. The summed E-state index contributed by atoms with van der Waals surface area (Å²) < 4.78 is 13.9. The molecule has 38 heavy (non-hydrogen) atoms. The molecule has 2 heterocycles. The van der Waals surface area contributed by atoms with Crippen molar-refractivity contribution in [2.24, 2.45) is 0 Å². The number of nitrogen functional groups attached to an aromatic ring is 1. The van der Waals surface area contributed by atoms with Gasteiger partial charge in [-0.3, -0.25) is 10.3 Å². The second kappa shape index (κ2) is 9.88. The molecule has 1 fully saturated rings. The van der Waals surface area contributed by atoms with Crippen LogP contribution >= 0.6 is 0 Å². The molecule has 0 atom stereocenters. The summed E-state index contributed by atoms with van der Waals surface area (Å²) in [6.45, 7) is 5.40. The molecule has 0 aliphatic carbocycles. The number of likely N-dealkylation sites (tertiary alicyclic amines) is 1. The number of nitrogens with zero attached hydrogens (tertiary/aromatic N) is 2. The summed E-state index contributed by atoms with van der Waals surface area (Å²) in [5, 5.41) is 9.01. The van der Waals surface area contributed by atoms with Crippen LogP contribution in [0.1, 0.15) is 35.4 Å². The van der Waals surface area contributed by atoms with Crippen LogP contribution in [0.2, 0.25) is 0 Å². The van der Waals surface area contributed by atoms with Gasteiger partial charge in [-0.15, -0.1) is 0 Å². The van der Waals surface area contributed by atoms with Crippen molar-refractivity contribution < 1.29 is 4.39 Å². The summed E-state index contributed by atoms with van der Waals surface area (Å²) in [5.41, 5.74) is 15.4. The number of fused-ring (bicyclic) bond motifs is 1. The molecule has 1 aromatic heterocycles. The first-order chi connectivity index (χ1) is 18.4. The van der Waals surface area contributed by atoms with Gasteiger partial charge in [0.2, 0.25) is 0 Å². The summed E-state index contributed by atoms with van der Waals surface area (Å²) in [6, 6.07) is 24.7. The maximum Gasteiger partial charge on any atom is 0.157 e. The molecule has 5 aromatic rings. The Morgan fingerprint density at radius 3 is 2.58 bits per heavy atom. The second-order valence-electron chi connectivity index (χ2n) is 10.2. The van der Waals surface area contributed by atoms with E-state index in [9.17, 15) is 4.39 Å². The van der Waals surface area contributed by atoms with Crippen LogP contribution in [0.25, 0.3) is 33.3 Å². The molecule has 0 bridgehead atoms. The SMILES string of the molecule is Cc1cc(CN2CCCC2)cc(-c2ccc(N)c(C(=N)c3nc4c(-c5cccc(F)c5)cccc4[nH]3)c2)c1. The van der Waals surface area contributed by atoms with Crippen molar-refractivity contribution in [1.82, 2.24) is 14.9 Å². The van der Waals surface area contributed by atoms with E-state index in [1.165, 1.54) is 36.1 Å². The molecule has 1 aliphatic rings. The maximum atomic E-state index is 13.9. The first kappa shape index (κ1) is 24.1. The monoisotopic (exact) mass is 503 g/mol. The average Bonchev–Trinajstić information content (AvgIpc) is 3.58. The summed E-state index contributed by atoms with van der Waals surface area (Å²) in [6.07, 6.45) is 2.54. The van der Waals surface area contributed by atoms with Gasteiger partial charge in [0.25, 0.3) is 0 Å². The molecule has 4 N–H and O–H groups in total. The first-order valence-electron chi connectivity index (χ1n) is 13.0. The largest absolute Gasteiger partial charge is 0.398 e. The number of halogens is 1. The van der Waals surface area contributed by atoms with E-state index in [1.54, 1.807) is 6.07 Å². The van der Waals surface area contributed by atoms with Gasteiger partial charge in [-0.25, -0.2) is 9.37 Å². The highest BCUT2D eigenvalue weighted by molar-refractivity contribution is 6.14.